The molecule has 1 aliphatic heterocycles. The molecule has 2 aromatic rings. The quantitative estimate of drug-likeness (QED) is 0.806. The molecule has 0 bridgehead atoms. The molecular formula is C21H25NO2. The Morgan fingerprint density at radius 1 is 1.25 bits per heavy atom. The molecule has 0 spiro atoms. The van der Waals surface area contributed by atoms with Crippen LogP contribution in [0.2, 0.25) is 0 Å². The molecule has 0 saturated heterocycles. The molecule has 0 radical (unpaired) electrons. The molecule has 1 unspecified atom stereocenters. The minimum Gasteiger partial charge on any atom is -0.489 e. The predicted molar refractivity (Wildman–Crippen MR) is 97.7 cm³/mol. The van der Waals surface area contributed by atoms with E-state index < -0.39 is 0 Å². The van der Waals surface area contributed by atoms with E-state index >= 15 is 0 Å². The number of allylic oxidation sites excluding steroid dienone is 1. The van der Waals surface area contributed by atoms with E-state index in [0.29, 0.717) is 13.2 Å². The number of rotatable bonds is 6. The standard InChI is InChI=1S/C21H25NO2/c1-2-6-20(23-15-16-7-4-3-5-8-16)17-10-12-21-18(13-17)9-11-19(14-22)24-21/h3-8,10,12-13,19H,2,9,11,14-15,22H2,1H3/b20-6+. The van der Waals surface area contributed by atoms with Crippen molar-refractivity contribution in [2.45, 2.75) is 38.9 Å². The van der Waals surface area contributed by atoms with E-state index in [4.69, 9.17) is 15.2 Å². The zero-order valence-electron chi connectivity index (χ0n) is 14.2. The minimum atomic E-state index is 0.142. The maximum Gasteiger partial charge on any atom is 0.123 e. The van der Waals surface area contributed by atoms with Gasteiger partial charge in [0.05, 0.1) is 0 Å². The van der Waals surface area contributed by atoms with Crippen LogP contribution in [0.25, 0.3) is 5.76 Å². The van der Waals surface area contributed by atoms with Gasteiger partial charge in [-0.3, -0.25) is 0 Å². The van der Waals surface area contributed by atoms with Gasteiger partial charge in [0.2, 0.25) is 0 Å². The van der Waals surface area contributed by atoms with Gasteiger partial charge < -0.3 is 15.2 Å². The molecule has 1 aliphatic rings. The summed E-state index contributed by atoms with van der Waals surface area (Å²) in [4.78, 5) is 0. The van der Waals surface area contributed by atoms with Crippen LogP contribution in [-0.4, -0.2) is 12.6 Å². The monoisotopic (exact) mass is 323 g/mol. The number of nitrogens with two attached hydrogens (primary N) is 1. The highest BCUT2D eigenvalue weighted by Gasteiger charge is 2.19. The molecule has 3 nitrogen and oxygen atoms in total. The van der Waals surface area contributed by atoms with Gasteiger partial charge in [0.1, 0.15) is 24.2 Å². The fourth-order valence-corrected chi connectivity index (χ4v) is 2.94. The van der Waals surface area contributed by atoms with Crippen molar-refractivity contribution in [3.8, 4) is 5.75 Å². The van der Waals surface area contributed by atoms with Crippen LogP contribution in [0.3, 0.4) is 0 Å². The summed E-state index contributed by atoms with van der Waals surface area (Å²) in [7, 11) is 0. The SMILES string of the molecule is CC/C=C(/OCc1ccccc1)c1ccc2c(c1)CCC(CN)O2. The number of hydrogen-bond donors (Lipinski definition) is 1. The zero-order chi connectivity index (χ0) is 16.8. The van der Waals surface area contributed by atoms with Gasteiger partial charge in [0.25, 0.3) is 0 Å². The van der Waals surface area contributed by atoms with Crippen LogP contribution in [-0.2, 0) is 17.8 Å². The van der Waals surface area contributed by atoms with E-state index in [9.17, 15) is 0 Å². The maximum absolute atomic E-state index is 6.09. The largest absolute Gasteiger partial charge is 0.489 e. The molecule has 1 atom stereocenters. The summed E-state index contributed by atoms with van der Waals surface area (Å²) >= 11 is 0. The molecular weight excluding hydrogens is 298 g/mol. The van der Waals surface area contributed by atoms with Crippen molar-refractivity contribution in [3.63, 3.8) is 0 Å². The Labute approximate surface area is 144 Å². The fourth-order valence-electron chi connectivity index (χ4n) is 2.94. The van der Waals surface area contributed by atoms with Crippen molar-refractivity contribution in [2.24, 2.45) is 5.73 Å². The third kappa shape index (κ3) is 3.98. The molecule has 126 valence electrons. The van der Waals surface area contributed by atoms with Gasteiger partial charge >= 0.3 is 0 Å². The molecule has 3 heteroatoms. The number of hydrogen-bond acceptors (Lipinski definition) is 3. The second-order valence-electron chi connectivity index (χ2n) is 6.09. The third-order valence-electron chi connectivity index (χ3n) is 4.26. The smallest absolute Gasteiger partial charge is 0.123 e. The minimum absolute atomic E-state index is 0.142. The van der Waals surface area contributed by atoms with Crippen LogP contribution < -0.4 is 10.5 Å². The molecule has 0 saturated carbocycles. The van der Waals surface area contributed by atoms with Gasteiger partial charge in [0, 0.05) is 12.1 Å². The van der Waals surface area contributed by atoms with E-state index in [2.05, 4.69) is 37.3 Å². The number of aryl methyl sites for hydroxylation is 1. The Bertz CT molecular complexity index is 694. The normalized spacial score (nSPS) is 17.1. The molecule has 1 heterocycles. The lowest BCUT2D eigenvalue weighted by Crippen LogP contribution is -2.30. The van der Waals surface area contributed by atoms with Crippen LogP contribution >= 0.6 is 0 Å². The average molecular weight is 323 g/mol. The van der Waals surface area contributed by atoms with Crippen molar-refractivity contribution in [3.05, 3.63) is 71.3 Å². The van der Waals surface area contributed by atoms with E-state index in [0.717, 1.165) is 36.3 Å². The second kappa shape index (κ2) is 8.02. The summed E-state index contributed by atoms with van der Waals surface area (Å²) in [5.41, 5.74) is 9.24. The first kappa shape index (κ1) is 16.6. The van der Waals surface area contributed by atoms with E-state index in [1.807, 2.05) is 24.3 Å². The van der Waals surface area contributed by atoms with E-state index in [-0.39, 0.29) is 6.10 Å². The molecule has 24 heavy (non-hydrogen) atoms. The summed E-state index contributed by atoms with van der Waals surface area (Å²) in [5, 5.41) is 0. The summed E-state index contributed by atoms with van der Waals surface area (Å²) in [6.45, 7) is 3.27. The highest BCUT2D eigenvalue weighted by molar-refractivity contribution is 5.62. The topological polar surface area (TPSA) is 44.5 Å². The summed E-state index contributed by atoms with van der Waals surface area (Å²) in [6, 6.07) is 16.6. The second-order valence-corrected chi connectivity index (χ2v) is 6.09. The van der Waals surface area contributed by atoms with Gasteiger partial charge in [-0.1, -0.05) is 37.3 Å². The predicted octanol–water partition coefficient (Wildman–Crippen LogP) is 4.31. The molecule has 2 N–H and O–H groups in total. The molecule has 3 rings (SSSR count). The van der Waals surface area contributed by atoms with Crippen LogP contribution in [0.5, 0.6) is 5.75 Å². The number of fused-ring (bicyclic) bond motifs is 1. The van der Waals surface area contributed by atoms with Crippen molar-refractivity contribution >= 4 is 5.76 Å². The maximum atomic E-state index is 6.09. The first-order valence-electron chi connectivity index (χ1n) is 8.67. The van der Waals surface area contributed by atoms with Crippen LogP contribution in [0.15, 0.2) is 54.6 Å². The van der Waals surface area contributed by atoms with Gasteiger partial charge in [-0.2, -0.15) is 0 Å². The average Bonchev–Trinajstić information content (AvgIpc) is 2.65. The van der Waals surface area contributed by atoms with Crippen molar-refractivity contribution in [2.75, 3.05) is 6.54 Å². The lowest BCUT2D eigenvalue weighted by atomic mass is 9.99. The van der Waals surface area contributed by atoms with Crippen LogP contribution in [0.1, 0.15) is 36.5 Å². The summed E-state index contributed by atoms with van der Waals surface area (Å²) in [5.74, 6) is 1.89. The summed E-state index contributed by atoms with van der Waals surface area (Å²) in [6.07, 6.45) is 5.20. The fraction of sp³-hybridized carbons (Fsp3) is 0.333. The molecule has 0 fully saturated rings. The van der Waals surface area contributed by atoms with Crippen LogP contribution in [0.4, 0.5) is 0 Å². The van der Waals surface area contributed by atoms with Crippen LogP contribution in [0, 0.1) is 0 Å². The first-order valence-corrected chi connectivity index (χ1v) is 8.67. The highest BCUT2D eigenvalue weighted by atomic mass is 16.5. The van der Waals surface area contributed by atoms with Gasteiger partial charge in [-0.25, -0.2) is 0 Å². The molecule has 2 aromatic carbocycles. The van der Waals surface area contributed by atoms with Gasteiger partial charge in [0.15, 0.2) is 0 Å². The van der Waals surface area contributed by atoms with Crippen molar-refractivity contribution in [1.29, 1.82) is 0 Å². The lowest BCUT2D eigenvalue weighted by molar-refractivity contribution is 0.181. The van der Waals surface area contributed by atoms with Crippen molar-refractivity contribution in [1.82, 2.24) is 0 Å². The molecule has 0 aromatic heterocycles. The van der Waals surface area contributed by atoms with E-state index in [1.165, 1.54) is 11.1 Å². The number of benzene rings is 2. The Morgan fingerprint density at radius 2 is 2.08 bits per heavy atom. The Kier molecular flexibility index (Phi) is 5.55. The molecule has 0 amide bonds. The zero-order valence-corrected chi connectivity index (χ0v) is 14.2. The first-order chi connectivity index (χ1) is 11.8. The Hall–Kier alpha value is -2.26. The highest BCUT2D eigenvalue weighted by Crippen LogP contribution is 2.31. The Morgan fingerprint density at radius 3 is 2.83 bits per heavy atom. The van der Waals surface area contributed by atoms with E-state index in [1.54, 1.807) is 0 Å². The number of ether oxygens (including phenoxy) is 2. The van der Waals surface area contributed by atoms with Gasteiger partial charge in [-0.15, -0.1) is 0 Å². The Balaban J connectivity index is 1.76. The summed E-state index contributed by atoms with van der Waals surface area (Å²) < 4.78 is 12.0. The van der Waals surface area contributed by atoms with Crippen molar-refractivity contribution < 1.29 is 9.47 Å². The lowest BCUT2D eigenvalue weighted by Gasteiger charge is -2.25. The van der Waals surface area contributed by atoms with Gasteiger partial charge in [-0.05, 0) is 54.7 Å². The molecule has 0 aliphatic carbocycles. The third-order valence-corrected chi connectivity index (χ3v) is 4.26.